The van der Waals surface area contributed by atoms with Crippen LogP contribution in [0.5, 0.6) is 0 Å². The zero-order chi connectivity index (χ0) is 19.3. The van der Waals surface area contributed by atoms with Gasteiger partial charge in [-0.3, -0.25) is 9.59 Å². The number of halogens is 4. The fourth-order valence-electron chi connectivity index (χ4n) is 2.20. The Bertz CT molecular complexity index is 826. The molecule has 0 radical (unpaired) electrons. The lowest BCUT2D eigenvalue weighted by Gasteiger charge is -2.14. The van der Waals surface area contributed by atoms with E-state index in [0.29, 0.717) is 12.1 Å². The third-order valence-corrected chi connectivity index (χ3v) is 3.50. The van der Waals surface area contributed by atoms with Crippen LogP contribution < -0.4 is 5.32 Å². The molecule has 0 aromatic heterocycles. The maximum atomic E-state index is 13.6. The predicted molar refractivity (Wildman–Crippen MR) is 84.2 cm³/mol. The van der Waals surface area contributed by atoms with E-state index in [4.69, 9.17) is 4.74 Å². The summed E-state index contributed by atoms with van der Waals surface area (Å²) < 4.78 is 57.7. The lowest BCUT2D eigenvalue weighted by atomic mass is 10.1. The molecule has 0 aliphatic heterocycles. The number of amides is 1. The first-order valence-corrected chi connectivity index (χ1v) is 7.65. The summed E-state index contributed by atoms with van der Waals surface area (Å²) in [7, 11) is 0. The van der Waals surface area contributed by atoms with Gasteiger partial charge >= 0.3 is 5.97 Å². The van der Waals surface area contributed by atoms with E-state index < -0.39 is 41.2 Å². The smallest absolute Gasteiger partial charge is 0.308 e. The van der Waals surface area contributed by atoms with E-state index in [1.807, 2.05) is 0 Å². The highest BCUT2D eigenvalue weighted by molar-refractivity contribution is 5.94. The van der Waals surface area contributed by atoms with Crippen LogP contribution in [0.3, 0.4) is 0 Å². The number of carbonyl (C=O) groups excluding carboxylic acids is 2. The Morgan fingerprint density at radius 3 is 2.23 bits per heavy atom. The fourth-order valence-corrected chi connectivity index (χ4v) is 2.20. The van der Waals surface area contributed by atoms with E-state index in [-0.39, 0.29) is 24.1 Å². The van der Waals surface area contributed by atoms with Crippen LogP contribution in [-0.2, 0) is 9.53 Å². The highest BCUT2D eigenvalue weighted by atomic mass is 19.1. The minimum Gasteiger partial charge on any atom is -0.458 e. The number of hydrogen-bond acceptors (Lipinski definition) is 3. The van der Waals surface area contributed by atoms with Gasteiger partial charge < -0.3 is 10.1 Å². The molecule has 0 saturated heterocycles. The van der Waals surface area contributed by atoms with Crippen molar-refractivity contribution in [1.29, 1.82) is 0 Å². The van der Waals surface area contributed by atoms with Crippen LogP contribution in [0.1, 0.15) is 35.4 Å². The number of hydrogen-bond donors (Lipinski definition) is 1. The van der Waals surface area contributed by atoms with Crippen molar-refractivity contribution in [2.75, 3.05) is 6.54 Å². The van der Waals surface area contributed by atoms with Gasteiger partial charge in [-0.05, 0) is 31.2 Å². The monoisotopic (exact) mass is 369 g/mol. The van der Waals surface area contributed by atoms with E-state index in [9.17, 15) is 27.2 Å². The molecule has 0 aliphatic carbocycles. The second-order valence-corrected chi connectivity index (χ2v) is 5.43. The summed E-state index contributed by atoms with van der Waals surface area (Å²) in [6.45, 7) is 1.26. The number of nitrogens with one attached hydrogen (secondary N) is 1. The molecule has 1 amide bonds. The number of esters is 1. The van der Waals surface area contributed by atoms with Crippen LogP contribution in [0.25, 0.3) is 0 Å². The summed E-state index contributed by atoms with van der Waals surface area (Å²) in [5.41, 5.74) is -0.348. The van der Waals surface area contributed by atoms with Crippen molar-refractivity contribution in [3.63, 3.8) is 0 Å². The Morgan fingerprint density at radius 1 is 1.00 bits per heavy atom. The van der Waals surface area contributed by atoms with E-state index in [0.717, 1.165) is 18.2 Å². The Morgan fingerprint density at radius 2 is 1.62 bits per heavy atom. The van der Waals surface area contributed by atoms with Crippen LogP contribution in [0.4, 0.5) is 17.6 Å². The van der Waals surface area contributed by atoms with E-state index in [2.05, 4.69) is 5.32 Å². The molecule has 0 spiro atoms. The topological polar surface area (TPSA) is 55.4 Å². The molecule has 2 aromatic carbocycles. The second-order valence-electron chi connectivity index (χ2n) is 5.43. The van der Waals surface area contributed by atoms with Crippen LogP contribution in [0, 0.1) is 23.3 Å². The molecule has 1 N–H and O–H groups in total. The summed E-state index contributed by atoms with van der Waals surface area (Å²) in [4.78, 5) is 23.5. The molecule has 0 bridgehead atoms. The summed E-state index contributed by atoms with van der Waals surface area (Å²) in [6, 6.07) is 5.38. The lowest BCUT2D eigenvalue weighted by molar-refractivity contribution is -0.148. The van der Waals surface area contributed by atoms with Gasteiger partial charge in [-0.1, -0.05) is 0 Å². The van der Waals surface area contributed by atoms with Gasteiger partial charge in [-0.15, -0.1) is 0 Å². The highest BCUT2D eigenvalue weighted by Gasteiger charge is 2.17. The molecule has 1 unspecified atom stereocenters. The molecule has 8 heteroatoms. The van der Waals surface area contributed by atoms with Gasteiger partial charge in [0.15, 0.2) is 0 Å². The second kappa shape index (κ2) is 8.46. The largest absolute Gasteiger partial charge is 0.458 e. The van der Waals surface area contributed by atoms with Gasteiger partial charge in [-0.25, -0.2) is 17.6 Å². The standard InChI is InChI=1S/C18H15F4NO3/c1-10(13-4-2-11(19)8-15(13)21)26-17(24)6-7-23-18(25)14-5-3-12(20)9-16(14)22/h2-5,8-10H,6-7H2,1H3,(H,23,25). The summed E-state index contributed by atoms with van der Waals surface area (Å²) in [6.07, 6.45) is -1.20. The van der Waals surface area contributed by atoms with Crippen molar-refractivity contribution in [3.05, 3.63) is 70.8 Å². The van der Waals surface area contributed by atoms with E-state index in [1.165, 1.54) is 13.0 Å². The number of benzene rings is 2. The molecule has 0 saturated carbocycles. The maximum Gasteiger partial charge on any atom is 0.308 e. The van der Waals surface area contributed by atoms with Crippen LogP contribution in [0.15, 0.2) is 36.4 Å². The number of ether oxygens (including phenoxy) is 1. The van der Waals surface area contributed by atoms with Gasteiger partial charge in [0.1, 0.15) is 29.4 Å². The van der Waals surface area contributed by atoms with Crippen LogP contribution >= 0.6 is 0 Å². The van der Waals surface area contributed by atoms with Crippen molar-refractivity contribution in [2.45, 2.75) is 19.4 Å². The van der Waals surface area contributed by atoms with Crippen molar-refractivity contribution < 1.29 is 31.9 Å². The summed E-state index contributed by atoms with van der Waals surface area (Å²) >= 11 is 0. The molecule has 138 valence electrons. The van der Waals surface area contributed by atoms with Crippen molar-refractivity contribution >= 4 is 11.9 Å². The van der Waals surface area contributed by atoms with Gasteiger partial charge in [0.2, 0.25) is 0 Å². The average molecular weight is 369 g/mol. The van der Waals surface area contributed by atoms with Crippen molar-refractivity contribution in [2.24, 2.45) is 0 Å². The minimum absolute atomic E-state index is 0.0113. The molecular weight excluding hydrogens is 354 g/mol. The third-order valence-electron chi connectivity index (χ3n) is 3.50. The van der Waals surface area contributed by atoms with Crippen LogP contribution in [0.2, 0.25) is 0 Å². The van der Waals surface area contributed by atoms with Gasteiger partial charge in [0.05, 0.1) is 12.0 Å². The molecule has 4 nitrogen and oxygen atoms in total. The zero-order valence-corrected chi connectivity index (χ0v) is 13.7. The molecular formula is C18H15F4NO3. The maximum absolute atomic E-state index is 13.6. The predicted octanol–water partition coefficient (Wildman–Crippen LogP) is 3.67. The molecule has 1 atom stereocenters. The first kappa shape index (κ1) is 19.4. The zero-order valence-electron chi connectivity index (χ0n) is 13.7. The molecule has 26 heavy (non-hydrogen) atoms. The van der Waals surface area contributed by atoms with E-state index >= 15 is 0 Å². The molecule has 2 aromatic rings. The molecule has 0 fully saturated rings. The summed E-state index contributed by atoms with van der Waals surface area (Å²) in [5.74, 6) is -4.98. The summed E-state index contributed by atoms with van der Waals surface area (Å²) in [5, 5.41) is 2.30. The number of rotatable bonds is 6. The normalized spacial score (nSPS) is 11.7. The van der Waals surface area contributed by atoms with Crippen molar-refractivity contribution in [3.8, 4) is 0 Å². The van der Waals surface area contributed by atoms with E-state index in [1.54, 1.807) is 0 Å². The fraction of sp³-hybridized carbons (Fsp3) is 0.222. The Kier molecular flexibility index (Phi) is 6.32. The van der Waals surface area contributed by atoms with Gasteiger partial charge in [0.25, 0.3) is 5.91 Å². The number of carbonyl (C=O) groups is 2. The van der Waals surface area contributed by atoms with Crippen molar-refractivity contribution in [1.82, 2.24) is 5.32 Å². The average Bonchev–Trinajstić information content (AvgIpc) is 2.54. The lowest BCUT2D eigenvalue weighted by Crippen LogP contribution is -2.27. The first-order valence-electron chi connectivity index (χ1n) is 7.65. The third kappa shape index (κ3) is 5.05. The Labute approximate surface area is 146 Å². The molecule has 0 heterocycles. The highest BCUT2D eigenvalue weighted by Crippen LogP contribution is 2.21. The molecule has 2 rings (SSSR count). The Hall–Kier alpha value is -2.90. The Balaban J connectivity index is 1.84. The SMILES string of the molecule is CC(OC(=O)CCNC(=O)c1ccc(F)cc1F)c1ccc(F)cc1F. The molecule has 0 aliphatic rings. The minimum atomic E-state index is -1.02. The van der Waals surface area contributed by atoms with Crippen LogP contribution in [-0.4, -0.2) is 18.4 Å². The first-order chi connectivity index (χ1) is 12.3. The quantitative estimate of drug-likeness (QED) is 0.625. The van der Waals surface area contributed by atoms with Gasteiger partial charge in [-0.2, -0.15) is 0 Å². The van der Waals surface area contributed by atoms with Gasteiger partial charge in [0, 0.05) is 24.2 Å².